The molecule has 0 aromatic heterocycles. The van der Waals surface area contributed by atoms with E-state index in [4.69, 9.17) is 4.74 Å². The van der Waals surface area contributed by atoms with E-state index in [1.165, 1.54) is 0 Å². The lowest BCUT2D eigenvalue weighted by atomic mass is 10.2. The van der Waals surface area contributed by atoms with E-state index in [0.717, 1.165) is 52.0 Å². The largest absolute Gasteiger partial charge is 0.395 e. The Hall–Kier alpha value is -0.160. The van der Waals surface area contributed by atoms with Gasteiger partial charge in [0.1, 0.15) is 0 Å². The van der Waals surface area contributed by atoms with Gasteiger partial charge in [0.15, 0.2) is 0 Å². The van der Waals surface area contributed by atoms with E-state index in [2.05, 4.69) is 24.1 Å². The molecule has 17 heavy (non-hydrogen) atoms. The number of ether oxygens (including phenoxy) is 1. The van der Waals surface area contributed by atoms with E-state index in [1.54, 1.807) is 0 Å². The quantitative estimate of drug-likeness (QED) is 0.697. The predicted molar refractivity (Wildman–Crippen MR) is 70.3 cm³/mol. The van der Waals surface area contributed by atoms with Gasteiger partial charge in [-0.3, -0.25) is 0 Å². The van der Waals surface area contributed by atoms with Crippen LogP contribution < -0.4 is 5.32 Å². The molecule has 1 rings (SSSR count). The van der Waals surface area contributed by atoms with Gasteiger partial charge >= 0.3 is 0 Å². The third-order valence-corrected chi connectivity index (χ3v) is 3.23. The van der Waals surface area contributed by atoms with E-state index in [0.29, 0.717) is 6.10 Å². The number of aliphatic hydroxyl groups excluding tert-OH is 1. The van der Waals surface area contributed by atoms with Crippen LogP contribution in [0.1, 0.15) is 33.1 Å². The first-order chi connectivity index (χ1) is 8.26. The molecule has 2 atom stereocenters. The van der Waals surface area contributed by atoms with Crippen molar-refractivity contribution in [3.63, 3.8) is 0 Å². The molecule has 1 aliphatic rings. The molecule has 0 bridgehead atoms. The number of aliphatic hydroxyl groups is 1. The Balaban J connectivity index is 2.22. The number of hydrogen-bond donors (Lipinski definition) is 2. The lowest BCUT2D eigenvalue weighted by molar-refractivity contribution is 0.0668. The molecule has 0 spiro atoms. The van der Waals surface area contributed by atoms with Crippen molar-refractivity contribution < 1.29 is 9.84 Å². The summed E-state index contributed by atoms with van der Waals surface area (Å²) in [5.41, 5.74) is 0. The van der Waals surface area contributed by atoms with Gasteiger partial charge in [-0.1, -0.05) is 6.92 Å². The maximum absolute atomic E-state index is 9.28. The highest BCUT2D eigenvalue weighted by atomic mass is 16.5. The SMILES string of the molecule is CCCNC(CO)CCN1CCCOC(C)C1. The van der Waals surface area contributed by atoms with Crippen molar-refractivity contribution >= 4 is 0 Å². The summed E-state index contributed by atoms with van der Waals surface area (Å²) in [6.07, 6.45) is 3.60. The Morgan fingerprint density at radius 3 is 3.06 bits per heavy atom. The van der Waals surface area contributed by atoms with Crippen LogP contribution in [0.4, 0.5) is 0 Å². The van der Waals surface area contributed by atoms with Crippen molar-refractivity contribution in [1.82, 2.24) is 10.2 Å². The van der Waals surface area contributed by atoms with Crippen LogP contribution in [0, 0.1) is 0 Å². The van der Waals surface area contributed by atoms with Gasteiger partial charge in [0.25, 0.3) is 0 Å². The standard InChI is InChI=1S/C13H28N2O2/c1-3-6-14-13(11-16)5-8-15-7-4-9-17-12(2)10-15/h12-14,16H,3-11H2,1-2H3. The average molecular weight is 244 g/mol. The van der Waals surface area contributed by atoms with Gasteiger partial charge in [0.05, 0.1) is 12.7 Å². The fourth-order valence-electron chi connectivity index (χ4n) is 2.23. The summed E-state index contributed by atoms with van der Waals surface area (Å²) in [5, 5.41) is 12.7. The molecule has 0 aliphatic carbocycles. The van der Waals surface area contributed by atoms with Crippen LogP contribution in [-0.2, 0) is 4.74 Å². The molecule has 4 heteroatoms. The third kappa shape index (κ3) is 6.36. The van der Waals surface area contributed by atoms with Crippen molar-refractivity contribution in [2.45, 2.75) is 45.3 Å². The Morgan fingerprint density at radius 1 is 1.53 bits per heavy atom. The second-order valence-corrected chi connectivity index (χ2v) is 4.96. The van der Waals surface area contributed by atoms with Gasteiger partial charge in [-0.15, -0.1) is 0 Å². The Morgan fingerprint density at radius 2 is 2.35 bits per heavy atom. The van der Waals surface area contributed by atoms with Crippen LogP contribution >= 0.6 is 0 Å². The Kier molecular flexibility index (Phi) is 7.77. The Bertz CT molecular complexity index is 190. The molecule has 0 aromatic rings. The molecule has 0 aromatic carbocycles. The molecule has 0 saturated carbocycles. The zero-order valence-electron chi connectivity index (χ0n) is 11.3. The smallest absolute Gasteiger partial charge is 0.0673 e. The van der Waals surface area contributed by atoms with Gasteiger partial charge < -0.3 is 20.1 Å². The molecule has 0 amide bonds. The fraction of sp³-hybridized carbons (Fsp3) is 1.00. The number of nitrogens with zero attached hydrogens (tertiary/aromatic N) is 1. The molecule has 1 saturated heterocycles. The number of nitrogens with one attached hydrogen (secondary N) is 1. The molecular weight excluding hydrogens is 216 g/mol. The second kappa shape index (κ2) is 8.86. The molecular formula is C13H28N2O2. The molecule has 1 heterocycles. The van der Waals surface area contributed by atoms with Crippen molar-refractivity contribution in [3.05, 3.63) is 0 Å². The van der Waals surface area contributed by atoms with Gasteiger partial charge in [-0.2, -0.15) is 0 Å². The highest BCUT2D eigenvalue weighted by Gasteiger charge is 2.16. The van der Waals surface area contributed by atoms with Crippen LogP contribution in [0.25, 0.3) is 0 Å². The lowest BCUT2D eigenvalue weighted by Gasteiger charge is -2.24. The minimum atomic E-state index is 0.236. The zero-order valence-corrected chi connectivity index (χ0v) is 11.3. The van der Waals surface area contributed by atoms with E-state index in [1.807, 2.05) is 0 Å². The minimum Gasteiger partial charge on any atom is -0.395 e. The maximum Gasteiger partial charge on any atom is 0.0673 e. The summed E-state index contributed by atoms with van der Waals surface area (Å²) in [6, 6.07) is 0.245. The van der Waals surface area contributed by atoms with E-state index in [9.17, 15) is 5.11 Å². The van der Waals surface area contributed by atoms with Crippen molar-refractivity contribution in [2.75, 3.05) is 39.4 Å². The minimum absolute atomic E-state index is 0.236. The Labute approximate surface area is 105 Å². The molecule has 1 aliphatic heterocycles. The summed E-state index contributed by atoms with van der Waals surface area (Å²) < 4.78 is 5.62. The van der Waals surface area contributed by atoms with Crippen LogP contribution in [0.3, 0.4) is 0 Å². The van der Waals surface area contributed by atoms with Gasteiger partial charge in [0, 0.05) is 25.7 Å². The highest BCUT2D eigenvalue weighted by Crippen LogP contribution is 2.06. The highest BCUT2D eigenvalue weighted by molar-refractivity contribution is 4.71. The monoisotopic (exact) mass is 244 g/mol. The van der Waals surface area contributed by atoms with Gasteiger partial charge in [-0.05, 0) is 39.3 Å². The number of rotatable bonds is 7. The number of hydrogen-bond acceptors (Lipinski definition) is 4. The summed E-state index contributed by atoms with van der Waals surface area (Å²) in [7, 11) is 0. The molecule has 2 unspecified atom stereocenters. The van der Waals surface area contributed by atoms with Gasteiger partial charge in [0.2, 0.25) is 0 Å². The lowest BCUT2D eigenvalue weighted by Crippen LogP contribution is -2.38. The second-order valence-electron chi connectivity index (χ2n) is 4.96. The third-order valence-electron chi connectivity index (χ3n) is 3.23. The van der Waals surface area contributed by atoms with E-state index < -0.39 is 0 Å². The zero-order chi connectivity index (χ0) is 12.5. The van der Waals surface area contributed by atoms with Gasteiger partial charge in [-0.25, -0.2) is 0 Å². The van der Waals surface area contributed by atoms with E-state index >= 15 is 0 Å². The fourth-order valence-corrected chi connectivity index (χ4v) is 2.23. The van der Waals surface area contributed by atoms with Crippen molar-refractivity contribution in [1.29, 1.82) is 0 Å². The average Bonchev–Trinajstić information content (AvgIpc) is 2.54. The molecule has 1 fully saturated rings. The summed E-state index contributed by atoms with van der Waals surface area (Å²) in [5.74, 6) is 0. The predicted octanol–water partition coefficient (Wildman–Crippen LogP) is 0.848. The van der Waals surface area contributed by atoms with E-state index in [-0.39, 0.29) is 12.6 Å². The van der Waals surface area contributed by atoms with Crippen molar-refractivity contribution in [3.8, 4) is 0 Å². The van der Waals surface area contributed by atoms with Crippen LogP contribution in [0.15, 0.2) is 0 Å². The maximum atomic E-state index is 9.28. The molecule has 4 nitrogen and oxygen atoms in total. The summed E-state index contributed by atoms with van der Waals surface area (Å²) in [6.45, 7) is 9.59. The topological polar surface area (TPSA) is 44.7 Å². The van der Waals surface area contributed by atoms with Crippen molar-refractivity contribution in [2.24, 2.45) is 0 Å². The molecule has 2 N–H and O–H groups in total. The normalized spacial score (nSPS) is 24.5. The molecule has 102 valence electrons. The molecule has 0 radical (unpaired) electrons. The first-order valence-electron chi connectivity index (χ1n) is 6.94. The van der Waals surface area contributed by atoms with Crippen LogP contribution in [0.2, 0.25) is 0 Å². The summed E-state index contributed by atoms with van der Waals surface area (Å²) >= 11 is 0. The van der Waals surface area contributed by atoms with Crippen LogP contribution in [-0.4, -0.2) is 61.5 Å². The summed E-state index contributed by atoms with van der Waals surface area (Å²) in [4.78, 5) is 2.45. The first-order valence-corrected chi connectivity index (χ1v) is 6.94. The first kappa shape index (κ1) is 14.9. The van der Waals surface area contributed by atoms with Crippen LogP contribution in [0.5, 0.6) is 0 Å².